The molecule has 0 unspecified atom stereocenters. The normalized spacial score (nSPS) is 13.6. The molecule has 1 aliphatic carbocycles. The quantitative estimate of drug-likeness (QED) is 0.831. The highest BCUT2D eigenvalue weighted by atomic mass is 16.3. The van der Waals surface area contributed by atoms with Gasteiger partial charge in [0.2, 0.25) is 0 Å². The molecule has 4 heteroatoms. The molecule has 4 nitrogen and oxygen atoms in total. The summed E-state index contributed by atoms with van der Waals surface area (Å²) in [6.07, 6.45) is 3.82. The molecule has 2 aromatic heterocycles. The number of hydrogen-bond acceptors (Lipinski definition) is 3. The van der Waals surface area contributed by atoms with Gasteiger partial charge in [-0.1, -0.05) is 0 Å². The molecule has 0 radical (unpaired) electrons. The third-order valence-corrected chi connectivity index (χ3v) is 3.04. The van der Waals surface area contributed by atoms with Crippen LogP contribution >= 0.6 is 0 Å². The van der Waals surface area contributed by atoms with E-state index in [4.69, 9.17) is 9.52 Å². The fourth-order valence-electron chi connectivity index (χ4n) is 2.38. The minimum atomic E-state index is 0.111. The lowest BCUT2D eigenvalue weighted by Gasteiger charge is -2.13. The first-order valence-electron chi connectivity index (χ1n) is 5.55. The Kier molecular flexibility index (Phi) is 2.11. The smallest absolute Gasteiger partial charge is 0.113 e. The average molecular weight is 218 g/mol. The van der Waals surface area contributed by atoms with E-state index < -0.39 is 0 Å². The Morgan fingerprint density at radius 1 is 1.50 bits per heavy atom. The minimum Gasteiger partial charge on any atom is -0.466 e. The molecule has 1 aliphatic rings. The van der Waals surface area contributed by atoms with Crippen molar-refractivity contribution in [3.63, 3.8) is 0 Å². The highest BCUT2D eigenvalue weighted by molar-refractivity contribution is 5.68. The Labute approximate surface area is 93.5 Å². The molecule has 0 aliphatic heterocycles. The summed E-state index contributed by atoms with van der Waals surface area (Å²) in [5, 5.41) is 13.3. The highest BCUT2D eigenvalue weighted by Crippen LogP contribution is 2.35. The lowest BCUT2D eigenvalue weighted by atomic mass is 9.96. The average Bonchev–Trinajstić information content (AvgIpc) is 2.81. The Balaban J connectivity index is 2.16. The molecule has 0 aromatic carbocycles. The van der Waals surface area contributed by atoms with Gasteiger partial charge >= 0.3 is 0 Å². The van der Waals surface area contributed by atoms with Gasteiger partial charge in [-0.05, 0) is 25.0 Å². The van der Waals surface area contributed by atoms with Gasteiger partial charge in [-0.25, -0.2) is 0 Å². The van der Waals surface area contributed by atoms with Gasteiger partial charge in [0.15, 0.2) is 0 Å². The van der Waals surface area contributed by atoms with Crippen LogP contribution < -0.4 is 0 Å². The number of aliphatic hydroxyl groups is 1. The van der Waals surface area contributed by atoms with Gasteiger partial charge in [0, 0.05) is 12.0 Å². The van der Waals surface area contributed by atoms with Crippen molar-refractivity contribution < 1.29 is 9.52 Å². The molecule has 1 N–H and O–H groups in total. The van der Waals surface area contributed by atoms with E-state index in [-0.39, 0.29) is 6.61 Å². The lowest BCUT2D eigenvalue weighted by Crippen LogP contribution is -2.09. The van der Waals surface area contributed by atoms with E-state index in [9.17, 15) is 0 Å². The molecule has 84 valence electrons. The zero-order valence-corrected chi connectivity index (χ0v) is 9.23. The van der Waals surface area contributed by atoms with E-state index in [1.807, 2.05) is 17.8 Å². The molecule has 0 bridgehead atoms. The number of aliphatic hydroxyl groups excluding tert-OH is 1. The summed E-state index contributed by atoms with van der Waals surface area (Å²) in [5.74, 6) is 1.99. The van der Waals surface area contributed by atoms with Crippen LogP contribution in [0.15, 0.2) is 16.7 Å². The van der Waals surface area contributed by atoms with Crippen molar-refractivity contribution in [1.29, 1.82) is 0 Å². The molecule has 0 saturated carbocycles. The van der Waals surface area contributed by atoms with E-state index in [0.29, 0.717) is 6.54 Å². The zero-order chi connectivity index (χ0) is 11.1. The second-order valence-electron chi connectivity index (χ2n) is 4.16. The number of aromatic nitrogens is 2. The number of hydrogen-bond donors (Lipinski definition) is 1. The van der Waals surface area contributed by atoms with Gasteiger partial charge in [0.25, 0.3) is 0 Å². The first-order chi connectivity index (χ1) is 7.79. The maximum absolute atomic E-state index is 9.01. The van der Waals surface area contributed by atoms with Crippen LogP contribution in [0.1, 0.15) is 17.1 Å². The molecular formula is C12H14N2O2. The molecule has 0 amide bonds. The fourth-order valence-corrected chi connectivity index (χ4v) is 2.38. The molecule has 3 rings (SSSR count). The number of fused-ring (bicyclic) bond motifs is 3. The van der Waals surface area contributed by atoms with Crippen LogP contribution in [0.3, 0.4) is 0 Å². The first-order valence-corrected chi connectivity index (χ1v) is 5.55. The van der Waals surface area contributed by atoms with Crippen LogP contribution in [0, 0.1) is 6.92 Å². The van der Waals surface area contributed by atoms with Crippen molar-refractivity contribution in [3.05, 3.63) is 29.3 Å². The molecule has 2 heterocycles. The third kappa shape index (κ3) is 1.30. The number of rotatable bonds is 2. The maximum atomic E-state index is 9.01. The van der Waals surface area contributed by atoms with Crippen molar-refractivity contribution in [2.75, 3.05) is 6.61 Å². The summed E-state index contributed by atoms with van der Waals surface area (Å²) in [4.78, 5) is 0. The summed E-state index contributed by atoms with van der Waals surface area (Å²) in [6.45, 7) is 2.62. The van der Waals surface area contributed by atoms with Crippen LogP contribution in [0.25, 0.3) is 11.3 Å². The largest absolute Gasteiger partial charge is 0.466 e. The van der Waals surface area contributed by atoms with Gasteiger partial charge in [-0.2, -0.15) is 5.10 Å². The van der Waals surface area contributed by atoms with Gasteiger partial charge in [0.05, 0.1) is 25.0 Å². The molecule has 0 saturated heterocycles. The van der Waals surface area contributed by atoms with E-state index in [1.165, 1.54) is 5.56 Å². The van der Waals surface area contributed by atoms with Gasteiger partial charge < -0.3 is 9.52 Å². The van der Waals surface area contributed by atoms with Gasteiger partial charge in [0.1, 0.15) is 11.5 Å². The SMILES string of the molecule is Cc1cc2c(o1)CCc1cnn(CCO)c1-2. The first kappa shape index (κ1) is 9.66. The van der Waals surface area contributed by atoms with Gasteiger partial charge in [-0.15, -0.1) is 0 Å². The predicted molar refractivity (Wildman–Crippen MR) is 59.2 cm³/mol. The van der Waals surface area contributed by atoms with Crippen LogP contribution in [-0.4, -0.2) is 21.5 Å². The Hall–Kier alpha value is -1.55. The third-order valence-electron chi connectivity index (χ3n) is 3.04. The van der Waals surface area contributed by atoms with Crippen LogP contribution in [0.5, 0.6) is 0 Å². The van der Waals surface area contributed by atoms with E-state index in [0.717, 1.165) is 35.6 Å². The van der Waals surface area contributed by atoms with E-state index in [2.05, 4.69) is 11.2 Å². The Bertz CT molecular complexity index is 525. The summed E-state index contributed by atoms with van der Waals surface area (Å²) in [5.41, 5.74) is 3.51. The van der Waals surface area contributed by atoms with Crippen LogP contribution in [0.4, 0.5) is 0 Å². The standard InChI is InChI=1S/C12H14N2O2/c1-8-6-10-11(16-8)3-2-9-7-13-14(4-5-15)12(9)10/h6-7,15H,2-5H2,1H3. The monoisotopic (exact) mass is 218 g/mol. The number of nitrogens with zero attached hydrogens (tertiary/aromatic N) is 2. The molecule has 0 fully saturated rings. The second-order valence-corrected chi connectivity index (χ2v) is 4.16. The predicted octanol–water partition coefficient (Wildman–Crippen LogP) is 1.54. The molecule has 0 spiro atoms. The summed E-state index contributed by atoms with van der Waals surface area (Å²) in [6, 6.07) is 2.06. The number of aryl methyl sites for hydroxylation is 3. The lowest BCUT2D eigenvalue weighted by molar-refractivity contribution is 0.270. The molecule has 2 aromatic rings. The van der Waals surface area contributed by atoms with Crippen molar-refractivity contribution in [1.82, 2.24) is 9.78 Å². The summed E-state index contributed by atoms with van der Waals surface area (Å²) in [7, 11) is 0. The van der Waals surface area contributed by atoms with Crippen molar-refractivity contribution in [3.8, 4) is 11.3 Å². The van der Waals surface area contributed by atoms with E-state index in [1.54, 1.807) is 0 Å². The van der Waals surface area contributed by atoms with Crippen LogP contribution in [0.2, 0.25) is 0 Å². The summed E-state index contributed by atoms with van der Waals surface area (Å²) < 4.78 is 7.53. The van der Waals surface area contributed by atoms with Gasteiger partial charge in [-0.3, -0.25) is 4.68 Å². The fraction of sp³-hybridized carbons (Fsp3) is 0.417. The highest BCUT2D eigenvalue weighted by Gasteiger charge is 2.23. The second kappa shape index (κ2) is 3.49. The number of furan rings is 1. The molecular weight excluding hydrogens is 204 g/mol. The van der Waals surface area contributed by atoms with E-state index >= 15 is 0 Å². The van der Waals surface area contributed by atoms with Crippen molar-refractivity contribution in [2.45, 2.75) is 26.3 Å². The molecule has 16 heavy (non-hydrogen) atoms. The summed E-state index contributed by atoms with van der Waals surface area (Å²) >= 11 is 0. The van der Waals surface area contributed by atoms with Crippen molar-refractivity contribution >= 4 is 0 Å². The molecule has 0 atom stereocenters. The Morgan fingerprint density at radius 3 is 3.19 bits per heavy atom. The van der Waals surface area contributed by atoms with Crippen molar-refractivity contribution in [2.24, 2.45) is 0 Å². The maximum Gasteiger partial charge on any atom is 0.113 e. The Morgan fingerprint density at radius 2 is 2.38 bits per heavy atom. The topological polar surface area (TPSA) is 51.2 Å². The minimum absolute atomic E-state index is 0.111. The van der Waals surface area contributed by atoms with Crippen LogP contribution in [-0.2, 0) is 19.4 Å². The zero-order valence-electron chi connectivity index (χ0n) is 9.23.